The first-order valence-electron chi connectivity index (χ1n) is 12.0. The monoisotopic (exact) mass is 529 g/mol. The molecule has 190 valence electrons. The second-order valence-corrected chi connectivity index (χ2v) is 10.1. The summed E-state index contributed by atoms with van der Waals surface area (Å²) in [5.74, 6) is -1.32. The molecule has 2 atom stereocenters. The number of halogens is 2. The van der Waals surface area contributed by atoms with Gasteiger partial charge in [0.1, 0.15) is 0 Å². The number of phenols is 1. The van der Waals surface area contributed by atoms with E-state index in [9.17, 15) is 14.7 Å². The molecule has 4 rings (SSSR count). The van der Waals surface area contributed by atoms with E-state index in [4.69, 9.17) is 32.7 Å². The number of hydrogen-bond acceptors (Lipinski definition) is 6. The standard InChI is InChI=1S/C28H29Cl2NO5/c1-5-35-23-13-18(10-20(30)27(23)33)25-24(28(34)36-14(2)3)15(4)31-21-11-17(12-22(32)26(21)25)16-6-8-19(29)9-7-16/h6-10,13-14,17,25,31,33H,5,11-12H2,1-4H3. The van der Waals surface area contributed by atoms with Crippen molar-refractivity contribution in [2.75, 3.05) is 6.61 Å². The van der Waals surface area contributed by atoms with E-state index in [0.717, 1.165) is 11.3 Å². The highest BCUT2D eigenvalue weighted by Gasteiger charge is 2.42. The van der Waals surface area contributed by atoms with E-state index in [2.05, 4.69) is 5.32 Å². The van der Waals surface area contributed by atoms with Gasteiger partial charge in [-0.2, -0.15) is 0 Å². The Morgan fingerprint density at radius 2 is 1.83 bits per heavy atom. The molecule has 2 aromatic rings. The normalized spacial score (nSPS) is 19.8. The first kappa shape index (κ1) is 26.1. The number of rotatable bonds is 6. The number of benzene rings is 2. The van der Waals surface area contributed by atoms with Crippen LogP contribution in [-0.4, -0.2) is 29.6 Å². The lowest BCUT2D eigenvalue weighted by molar-refractivity contribution is -0.143. The second kappa shape index (κ2) is 10.6. The number of dihydropyridines is 1. The maximum absolute atomic E-state index is 13.7. The van der Waals surface area contributed by atoms with Crippen molar-refractivity contribution in [2.45, 2.75) is 58.5 Å². The molecule has 0 aromatic heterocycles. The van der Waals surface area contributed by atoms with E-state index in [1.54, 1.807) is 39.8 Å². The van der Waals surface area contributed by atoms with Crippen LogP contribution in [0.5, 0.6) is 11.5 Å². The number of phenolic OH excluding ortho intramolecular Hbond substituents is 1. The third-order valence-corrected chi connectivity index (χ3v) is 6.96. The third-order valence-electron chi connectivity index (χ3n) is 6.42. The van der Waals surface area contributed by atoms with Crippen molar-refractivity contribution in [1.82, 2.24) is 5.32 Å². The SMILES string of the molecule is CCOc1cc(C2C(C(=O)OC(C)C)=C(C)NC3=C2C(=O)CC(c2ccc(Cl)cc2)C3)cc(Cl)c1O. The third kappa shape index (κ3) is 5.11. The lowest BCUT2D eigenvalue weighted by Gasteiger charge is -2.37. The van der Waals surface area contributed by atoms with Gasteiger partial charge < -0.3 is 19.9 Å². The van der Waals surface area contributed by atoms with E-state index in [-0.39, 0.29) is 40.7 Å². The average molecular weight is 530 g/mol. The Labute approximate surface area is 220 Å². The van der Waals surface area contributed by atoms with Crippen molar-refractivity contribution in [3.8, 4) is 11.5 Å². The van der Waals surface area contributed by atoms with Crippen molar-refractivity contribution < 1.29 is 24.2 Å². The van der Waals surface area contributed by atoms with Crippen LogP contribution in [0.4, 0.5) is 0 Å². The Balaban J connectivity index is 1.85. The number of Topliss-reactive ketones (excluding diaryl/α,β-unsaturated/α-hetero) is 1. The number of carbonyl (C=O) groups is 2. The minimum absolute atomic E-state index is 0.0268. The Morgan fingerprint density at radius 3 is 2.47 bits per heavy atom. The molecule has 2 aliphatic rings. The number of nitrogens with one attached hydrogen (secondary N) is 1. The highest BCUT2D eigenvalue weighted by atomic mass is 35.5. The molecular weight excluding hydrogens is 501 g/mol. The molecule has 0 fully saturated rings. The summed E-state index contributed by atoms with van der Waals surface area (Å²) in [6.45, 7) is 7.46. The van der Waals surface area contributed by atoms with E-state index in [0.29, 0.717) is 40.5 Å². The molecule has 8 heteroatoms. The second-order valence-electron chi connectivity index (χ2n) is 9.31. The molecule has 0 radical (unpaired) electrons. The van der Waals surface area contributed by atoms with Gasteiger partial charge in [0, 0.05) is 34.3 Å². The van der Waals surface area contributed by atoms with Crippen LogP contribution in [-0.2, 0) is 14.3 Å². The van der Waals surface area contributed by atoms with Gasteiger partial charge in [-0.25, -0.2) is 4.79 Å². The molecule has 1 aliphatic heterocycles. The molecule has 1 heterocycles. The van der Waals surface area contributed by atoms with Crippen LogP contribution in [0.15, 0.2) is 58.9 Å². The number of aromatic hydroxyl groups is 1. The average Bonchev–Trinajstić information content (AvgIpc) is 2.81. The molecule has 0 spiro atoms. The van der Waals surface area contributed by atoms with Gasteiger partial charge >= 0.3 is 5.97 Å². The molecule has 6 nitrogen and oxygen atoms in total. The first-order chi connectivity index (χ1) is 17.1. The quantitative estimate of drug-likeness (QED) is 0.420. The topological polar surface area (TPSA) is 84.9 Å². The Hall–Kier alpha value is -2.96. The molecule has 36 heavy (non-hydrogen) atoms. The summed E-state index contributed by atoms with van der Waals surface area (Å²) in [5.41, 5.74) is 3.81. The van der Waals surface area contributed by atoms with E-state index < -0.39 is 11.9 Å². The van der Waals surface area contributed by atoms with Crippen LogP contribution in [0.1, 0.15) is 63.5 Å². The highest BCUT2D eigenvalue weighted by Crippen LogP contribution is 2.48. The summed E-state index contributed by atoms with van der Waals surface area (Å²) in [6.07, 6.45) is 0.536. The van der Waals surface area contributed by atoms with Gasteiger partial charge in [0.05, 0.1) is 23.3 Å². The number of ketones is 1. The van der Waals surface area contributed by atoms with Gasteiger partial charge in [0.15, 0.2) is 17.3 Å². The van der Waals surface area contributed by atoms with E-state index in [1.165, 1.54) is 0 Å². The zero-order valence-corrected chi connectivity index (χ0v) is 22.2. The van der Waals surface area contributed by atoms with Crippen LogP contribution in [0, 0.1) is 0 Å². The van der Waals surface area contributed by atoms with Gasteiger partial charge in [-0.05, 0) is 75.4 Å². The number of carbonyl (C=O) groups excluding carboxylic acids is 2. The summed E-state index contributed by atoms with van der Waals surface area (Å²) in [7, 11) is 0. The molecule has 2 N–H and O–H groups in total. The summed E-state index contributed by atoms with van der Waals surface area (Å²) in [6, 6.07) is 10.7. The van der Waals surface area contributed by atoms with Crippen molar-refractivity contribution >= 4 is 35.0 Å². The number of esters is 1. The van der Waals surface area contributed by atoms with Crippen LogP contribution < -0.4 is 10.1 Å². The van der Waals surface area contributed by atoms with Crippen molar-refractivity contribution in [3.63, 3.8) is 0 Å². The molecule has 2 aromatic carbocycles. The molecule has 0 amide bonds. The Morgan fingerprint density at radius 1 is 1.14 bits per heavy atom. The van der Waals surface area contributed by atoms with Crippen molar-refractivity contribution in [1.29, 1.82) is 0 Å². The maximum Gasteiger partial charge on any atom is 0.337 e. The zero-order valence-electron chi connectivity index (χ0n) is 20.7. The molecule has 0 saturated carbocycles. The molecule has 0 bridgehead atoms. The fraction of sp³-hybridized carbons (Fsp3) is 0.357. The predicted octanol–water partition coefficient (Wildman–Crippen LogP) is 6.41. The number of allylic oxidation sites excluding steroid dienone is 3. The van der Waals surface area contributed by atoms with Gasteiger partial charge in [-0.3, -0.25) is 4.79 Å². The van der Waals surface area contributed by atoms with E-state index in [1.807, 2.05) is 24.3 Å². The van der Waals surface area contributed by atoms with Crippen molar-refractivity contribution in [2.24, 2.45) is 0 Å². The van der Waals surface area contributed by atoms with Crippen LogP contribution in [0.3, 0.4) is 0 Å². The first-order valence-corrected chi connectivity index (χ1v) is 12.7. The minimum Gasteiger partial charge on any atom is -0.503 e. The van der Waals surface area contributed by atoms with Crippen LogP contribution >= 0.6 is 23.2 Å². The molecule has 1 aliphatic carbocycles. The lowest BCUT2D eigenvalue weighted by atomic mass is 9.71. The van der Waals surface area contributed by atoms with Gasteiger partial charge in [-0.15, -0.1) is 0 Å². The number of hydrogen-bond donors (Lipinski definition) is 2. The summed E-state index contributed by atoms with van der Waals surface area (Å²) < 4.78 is 11.2. The fourth-order valence-corrected chi connectivity index (χ4v) is 5.26. The summed E-state index contributed by atoms with van der Waals surface area (Å²) >= 11 is 12.4. The van der Waals surface area contributed by atoms with Crippen LogP contribution in [0.25, 0.3) is 0 Å². The van der Waals surface area contributed by atoms with E-state index >= 15 is 0 Å². The van der Waals surface area contributed by atoms with Gasteiger partial charge in [0.2, 0.25) is 0 Å². The Kier molecular flexibility index (Phi) is 7.67. The molecular formula is C28H29Cl2NO5. The smallest absolute Gasteiger partial charge is 0.337 e. The highest BCUT2D eigenvalue weighted by molar-refractivity contribution is 6.32. The molecule has 0 saturated heterocycles. The van der Waals surface area contributed by atoms with Crippen LogP contribution in [0.2, 0.25) is 10.0 Å². The summed E-state index contributed by atoms with van der Waals surface area (Å²) in [4.78, 5) is 27.0. The lowest BCUT2D eigenvalue weighted by Crippen LogP contribution is -2.36. The zero-order chi connectivity index (χ0) is 26.1. The van der Waals surface area contributed by atoms with Gasteiger partial charge in [0.25, 0.3) is 0 Å². The minimum atomic E-state index is -0.719. The Bertz CT molecular complexity index is 1260. The largest absolute Gasteiger partial charge is 0.503 e. The van der Waals surface area contributed by atoms with Gasteiger partial charge in [-0.1, -0.05) is 35.3 Å². The molecule has 2 unspecified atom stereocenters. The fourth-order valence-electron chi connectivity index (χ4n) is 4.92. The number of ether oxygens (including phenoxy) is 2. The van der Waals surface area contributed by atoms with Crippen molar-refractivity contribution in [3.05, 3.63) is 80.1 Å². The maximum atomic E-state index is 13.7. The summed E-state index contributed by atoms with van der Waals surface area (Å²) in [5, 5.41) is 14.4. The predicted molar refractivity (Wildman–Crippen MR) is 140 cm³/mol.